The molecule has 6 heteroatoms. The first-order valence-electron chi connectivity index (χ1n) is 8.85. The van der Waals surface area contributed by atoms with Crippen LogP contribution in [0.2, 0.25) is 0 Å². The number of benzene rings is 2. The molecule has 1 N–H and O–H groups in total. The first-order chi connectivity index (χ1) is 13.5. The van der Waals surface area contributed by atoms with Gasteiger partial charge in [-0.05, 0) is 48.4 Å². The highest BCUT2D eigenvalue weighted by molar-refractivity contribution is 5.87. The van der Waals surface area contributed by atoms with Crippen LogP contribution in [0, 0.1) is 18.3 Å². The predicted octanol–water partition coefficient (Wildman–Crippen LogP) is 2.42. The number of fused-ring (bicyclic) bond motifs is 1. The minimum Gasteiger partial charge on any atom is -0.478 e. The van der Waals surface area contributed by atoms with Gasteiger partial charge in [-0.2, -0.15) is 5.26 Å². The average Bonchev–Trinajstić information content (AvgIpc) is 3.32. The lowest BCUT2D eigenvalue weighted by atomic mass is 10.1. The number of hydrogen-bond donors (Lipinski definition) is 1. The monoisotopic (exact) mass is 371 g/mol. The Labute approximate surface area is 161 Å². The Kier molecular flexibility index (Phi) is 4.60. The van der Waals surface area contributed by atoms with E-state index in [1.165, 1.54) is 0 Å². The van der Waals surface area contributed by atoms with Gasteiger partial charge >= 0.3 is 5.97 Å². The quantitative estimate of drug-likeness (QED) is 0.659. The van der Waals surface area contributed by atoms with E-state index in [0.717, 1.165) is 21.8 Å². The number of carboxylic acids is 1. The summed E-state index contributed by atoms with van der Waals surface area (Å²) in [5, 5.41) is 20.1. The van der Waals surface area contributed by atoms with Crippen LogP contribution in [0.25, 0.3) is 0 Å². The molecular weight excluding hydrogens is 354 g/mol. The van der Waals surface area contributed by atoms with Gasteiger partial charge in [0.15, 0.2) is 6.17 Å². The number of aryl methyl sites for hydroxylation is 1. The van der Waals surface area contributed by atoms with Crippen molar-refractivity contribution >= 4 is 5.97 Å². The van der Waals surface area contributed by atoms with E-state index in [1.807, 2.05) is 37.3 Å². The van der Waals surface area contributed by atoms with Gasteiger partial charge in [-0.1, -0.05) is 30.4 Å². The van der Waals surface area contributed by atoms with E-state index in [2.05, 4.69) is 16.1 Å². The SMILES string of the molecule is Cc1ccc2c(c1)=N[C@H](/C(C#N)=C/[C@H]1C=C[C@@H](c3ccc(C(=O)O)cc3)O1)N=2. The zero-order chi connectivity index (χ0) is 19.7. The summed E-state index contributed by atoms with van der Waals surface area (Å²) in [5.74, 6) is -0.964. The summed E-state index contributed by atoms with van der Waals surface area (Å²) >= 11 is 0. The van der Waals surface area contributed by atoms with E-state index in [4.69, 9.17) is 9.84 Å². The van der Waals surface area contributed by atoms with E-state index < -0.39 is 12.1 Å². The fourth-order valence-corrected chi connectivity index (χ4v) is 3.21. The second kappa shape index (κ2) is 7.22. The standard InChI is InChI=1S/C22H17N3O3/c1-13-2-8-18-19(10-13)25-21(24-18)16(12-23)11-17-7-9-20(28-17)14-3-5-15(6-4-14)22(26)27/h2-11,17,20-21H,1H3,(H,26,27)/b16-11+/t17-,20+,21-/m1/s1. The van der Waals surface area contributed by atoms with Crippen LogP contribution in [0.1, 0.15) is 27.6 Å². The lowest BCUT2D eigenvalue weighted by Gasteiger charge is -2.13. The Hall–Kier alpha value is -3.56. The maximum Gasteiger partial charge on any atom is 0.335 e. The number of nitriles is 1. The molecule has 0 unspecified atom stereocenters. The smallest absolute Gasteiger partial charge is 0.335 e. The molecule has 6 nitrogen and oxygen atoms in total. The van der Waals surface area contributed by atoms with Crippen LogP contribution in [-0.4, -0.2) is 23.3 Å². The number of hydrogen-bond acceptors (Lipinski definition) is 5. The van der Waals surface area contributed by atoms with Crippen molar-refractivity contribution in [3.05, 3.63) is 93.7 Å². The molecule has 2 aliphatic rings. The first kappa shape index (κ1) is 17.8. The van der Waals surface area contributed by atoms with E-state index in [0.29, 0.717) is 5.57 Å². The lowest BCUT2D eigenvalue weighted by Crippen LogP contribution is -2.20. The lowest BCUT2D eigenvalue weighted by molar-refractivity contribution is 0.0696. The number of aromatic carboxylic acids is 1. The second-order valence-electron chi connectivity index (χ2n) is 6.69. The Morgan fingerprint density at radius 3 is 2.61 bits per heavy atom. The third-order valence-electron chi connectivity index (χ3n) is 4.67. The molecule has 0 saturated heterocycles. The van der Waals surface area contributed by atoms with Crippen LogP contribution in [-0.2, 0) is 4.74 Å². The normalized spacial score (nSPS) is 22.9. The summed E-state index contributed by atoms with van der Waals surface area (Å²) in [6, 6.07) is 14.6. The predicted molar refractivity (Wildman–Crippen MR) is 101 cm³/mol. The summed E-state index contributed by atoms with van der Waals surface area (Å²) in [5.41, 5.74) is 2.62. The van der Waals surface area contributed by atoms with E-state index in [9.17, 15) is 10.1 Å². The number of carboxylic acid groups (broad SMARTS) is 1. The molecule has 2 aromatic carbocycles. The molecule has 0 spiro atoms. The van der Waals surface area contributed by atoms with Crippen molar-refractivity contribution in [1.29, 1.82) is 5.26 Å². The molecular formula is C22H17N3O3. The highest BCUT2D eigenvalue weighted by atomic mass is 16.5. The van der Waals surface area contributed by atoms with Crippen LogP contribution in [0.3, 0.4) is 0 Å². The molecule has 2 aromatic rings. The molecule has 0 fully saturated rings. The second-order valence-corrected chi connectivity index (χ2v) is 6.69. The number of nitrogens with zero attached hydrogens (tertiary/aromatic N) is 3. The number of ether oxygens (including phenoxy) is 1. The average molecular weight is 371 g/mol. The largest absolute Gasteiger partial charge is 0.478 e. The van der Waals surface area contributed by atoms with Gasteiger partial charge in [0.05, 0.1) is 34.0 Å². The zero-order valence-corrected chi connectivity index (χ0v) is 15.1. The van der Waals surface area contributed by atoms with Crippen LogP contribution >= 0.6 is 0 Å². The van der Waals surface area contributed by atoms with Gasteiger partial charge in [0, 0.05) is 0 Å². The first-order valence-corrected chi connectivity index (χ1v) is 8.85. The van der Waals surface area contributed by atoms with Crippen LogP contribution in [0.4, 0.5) is 0 Å². The number of rotatable bonds is 4. The Morgan fingerprint density at radius 2 is 1.89 bits per heavy atom. The molecule has 0 amide bonds. The Bertz CT molecular complexity index is 1160. The molecule has 3 atom stereocenters. The molecule has 4 rings (SSSR count). The van der Waals surface area contributed by atoms with E-state index in [1.54, 1.807) is 30.3 Å². The molecule has 0 aromatic heterocycles. The van der Waals surface area contributed by atoms with Crippen molar-refractivity contribution in [2.75, 3.05) is 0 Å². The molecule has 2 aliphatic heterocycles. The van der Waals surface area contributed by atoms with Crippen molar-refractivity contribution in [1.82, 2.24) is 0 Å². The van der Waals surface area contributed by atoms with Gasteiger partial charge in [0.25, 0.3) is 0 Å². The summed E-state index contributed by atoms with van der Waals surface area (Å²) < 4.78 is 5.97. The van der Waals surface area contributed by atoms with Gasteiger partial charge in [-0.3, -0.25) is 9.98 Å². The van der Waals surface area contributed by atoms with Crippen molar-refractivity contribution in [3.63, 3.8) is 0 Å². The summed E-state index contributed by atoms with van der Waals surface area (Å²) in [6.07, 6.45) is 4.30. The van der Waals surface area contributed by atoms with Gasteiger partial charge in [0.2, 0.25) is 0 Å². The molecule has 0 saturated carbocycles. The Morgan fingerprint density at radius 1 is 1.14 bits per heavy atom. The van der Waals surface area contributed by atoms with Crippen molar-refractivity contribution in [2.24, 2.45) is 9.98 Å². The van der Waals surface area contributed by atoms with Crippen molar-refractivity contribution in [3.8, 4) is 6.07 Å². The topological polar surface area (TPSA) is 95.0 Å². The van der Waals surface area contributed by atoms with Gasteiger partial charge in [-0.25, -0.2) is 4.79 Å². The molecule has 2 heterocycles. The fourth-order valence-electron chi connectivity index (χ4n) is 3.21. The fraction of sp³-hybridized carbons (Fsp3) is 0.182. The minimum atomic E-state index is -0.964. The van der Waals surface area contributed by atoms with Crippen LogP contribution < -0.4 is 10.7 Å². The van der Waals surface area contributed by atoms with Crippen LogP contribution in [0.15, 0.2) is 76.3 Å². The Balaban J connectivity index is 1.51. The van der Waals surface area contributed by atoms with Gasteiger partial charge in [-0.15, -0.1) is 0 Å². The van der Waals surface area contributed by atoms with Crippen LogP contribution in [0.5, 0.6) is 0 Å². The maximum atomic E-state index is 11.0. The zero-order valence-electron chi connectivity index (χ0n) is 15.1. The summed E-state index contributed by atoms with van der Waals surface area (Å²) in [6.45, 7) is 1.99. The van der Waals surface area contributed by atoms with Crippen molar-refractivity contribution in [2.45, 2.75) is 25.3 Å². The molecule has 0 radical (unpaired) electrons. The third-order valence-corrected chi connectivity index (χ3v) is 4.67. The van der Waals surface area contributed by atoms with E-state index >= 15 is 0 Å². The summed E-state index contributed by atoms with van der Waals surface area (Å²) in [4.78, 5) is 20.0. The molecule has 138 valence electrons. The van der Waals surface area contributed by atoms with Gasteiger partial charge in [0.1, 0.15) is 6.10 Å². The van der Waals surface area contributed by atoms with E-state index in [-0.39, 0.29) is 17.8 Å². The van der Waals surface area contributed by atoms with Gasteiger partial charge < -0.3 is 9.84 Å². The number of carbonyl (C=O) groups is 1. The van der Waals surface area contributed by atoms with Crippen molar-refractivity contribution < 1.29 is 14.6 Å². The third kappa shape index (κ3) is 3.48. The molecule has 28 heavy (non-hydrogen) atoms. The molecule has 0 bridgehead atoms. The molecule has 0 aliphatic carbocycles. The highest BCUT2D eigenvalue weighted by Crippen LogP contribution is 2.28. The summed E-state index contributed by atoms with van der Waals surface area (Å²) in [7, 11) is 0. The highest BCUT2D eigenvalue weighted by Gasteiger charge is 2.23. The minimum absolute atomic E-state index is 0.230. The maximum absolute atomic E-state index is 11.0.